The molecule has 1 heterocycles. The Balaban J connectivity index is 1.72. The summed E-state index contributed by atoms with van der Waals surface area (Å²) in [6.45, 7) is 4.31. The van der Waals surface area contributed by atoms with E-state index in [0.29, 0.717) is 21.6 Å². The molecule has 0 radical (unpaired) electrons. The number of carbonyl (C=O) groups excluding carboxylic acids is 1. The number of para-hydroxylation sites is 1. The Morgan fingerprint density at radius 3 is 2.35 bits per heavy atom. The fourth-order valence-electron chi connectivity index (χ4n) is 2.30. The molecule has 0 atom stereocenters. The number of halogens is 1. The molecule has 1 amide bonds. The highest BCUT2D eigenvalue weighted by Gasteiger charge is 2.14. The predicted molar refractivity (Wildman–Crippen MR) is 109 cm³/mol. The second kappa shape index (κ2) is 8.25. The van der Waals surface area contributed by atoms with E-state index < -0.39 is 0 Å². The molecule has 0 aliphatic heterocycles. The molecule has 0 aliphatic rings. The van der Waals surface area contributed by atoms with Crippen LogP contribution in [0.4, 0.5) is 5.69 Å². The zero-order valence-corrected chi connectivity index (χ0v) is 16.0. The van der Waals surface area contributed by atoms with E-state index in [9.17, 15) is 4.79 Å². The summed E-state index contributed by atoms with van der Waals surface area (Å²) in [7, 11) is 0. The van der Waals surface area contributed by atoms with Crippen LogP contribution in [-0.2, 0) is 0 Å². The van der Waals surface area contributed by atoms with Crippen molar-refractivity contribution < 1.29 is 4.79 Å². The Kier molecular flexibility index (Phi) is 5.81. The van der Waals surface area contributed by atoms with Crippen molar-refractivity contribution in [2.45, 2.75) is 19.8 Å². The van der Waals surface area contributed by atoms with Gasteiger partial charge in [0.2, 0.25) is 5.01 Å². The van der Waals surface area contributed by atoms with Crippen molar-refractivity contribution in [1.82, 2.24) is 10.2 Å². The lowest BCUT2D eigenvalue weighted by Crippen LogP contribution is -2.11. The highest BCUT2D eigenvalue weighted by Crippen LogP contribution is 2.26. The van der Waals surface area contributed by atoms with E-state index in [-0.39, 0.29) is 10.9 Å². The lowest BCUT2D eigenvalue weighted by atomic mass is 10.0. The largest absolute Gasteiger partial charge is 0.320 e. The molecule has 0 saturated carbocycles. The molecule has 1 aromatic heterocycles. The van der Waals surface area contributed by atoms with Crippen molar-refractivity contribution in [2.24, 2.45) is 0 Å². The zero-order chi connectivity index (χ0) is 18.5. The molecule has 0 saturated heterocycles. The minimum Gasteiger partial charge on any atom is -0.320 e. The number of hydrogen-bond acceptors (Lipinski definition) is 4. The molecule has 3 aromatic rings. The molecule has 3 rings (SSSR count). The maximum absolute atomic E-state index is 12.2. The van der Waals surface area contributed by atoms with Crippen LogP contribution in [0.5, 0.6) is 0 Å². The number of hydrogen-bond donors (Lipinski definition) is 1. The lowest BCUT2D eigenvalue weighted by Gasteiger charge is -2.04. The number of nitrogens with zero attached hydrogens (tertiary/aromatic N) is 2. The van der Waals surface area contributed by atoms with E-state index in [1.54, 1.807) is 0 Å². The van der Waals surface area contributed by atoms with Crippen LogP contribution in [0.2, 0.25) is 0 Å². The highest BCUT2D eigenvalue weighted by molar-refractivity contribution is 7.15. The molecule has 4 nitrogen and oxygen atoms in total. The number of carbonyl (C=O) groups is 1. The Morgan fingerprint density at radius 1 is 1.04 bits per heavy atom. The number of benzene rings is 2. The topological polar surface area (TPSA) is 54.9 Å². The molecule has 0 unspecified atom stereocenters. The molecule has 6 heteroatoms. The maximum Gasteiger partial charge on any atom is 0.286 e. The van der Waals surface area contributed by atoms with E-state index in [1.165, 1.54) is 5.56 Å². The Labute approximate surface area is 161 Å². The van der Waals surface area contributed by atoms with Gasteiger partial charge in [-0.1, -0.05) is 79.2 Å². The van der Waals surface area contributed by atoms with Crippen LogP contribution in [-0.4, -0.2) is 16.1 Å². The minimum absolute atomic E-state index is 0.269. The van der Waals surface area contributed by atoms with Gasteiger partial charge in [0.05, 0.1) is 5.03 Å². The van der Waals surface area contributed by atoms with Gasteiger partial charge in [0, 0.05) is 5.69 Å². The lowest BCUT2D eigenvalue weighted by molar-refractivity contribution is 0.102. The van der Waals surface area contributed by atoms with Gasteiger partial charge in [0.15, 0.2) is 5.01 Å². The van der Waals surface area contributed by atoms with Crippen LogP contribution >= 0.6 is 22.9 Å². The van der Waals surface area contributed by atoms with Crippen molar-refractivity contribution in [3.63, 3.8) is 0 Å². The van der Waals surface area contributed by atoms with E-state index in [0.717, 1.165) is 16.9 Å². The van der Waals surface area contributed by atoms with Crippen molar-refractivity contribution in [1.29, 1.82) is 0 Å². The van der Waals surface area contributed by atoms with E-state index in [1.807, 2.05) is 48.5 Å². The van der Waals surface area contributed by atoms with Crippen LogP contribution in [0.25, 0.3) is 11.1 Å². The molecule has 0 spiro atoms. The van der Waals surface area contributed by atoms with Gasteiger partial charge in [-0.05, 0) is 35.3 Å². The van der Waals surface area contributed by atoms with Crippen LogP contribution in [0.15, 0.2) is 54.6 Å². The van der Waals surface area contributed by atoms with Crippen LogP contribution < -0.4 is 5.32 Å². The van der Waals surface area contributed by atoms with Crippen molar-refractivity contribution in [3.8, 4) is 0 Å². The molecular formula is C20H18ClN3OS. The van der Waals surface area contributed by atoms with Crippen LogP contribution in [0.1, 0.15) is 45.7 Å². The van der Waals surface area contributed by atoms with Gasteiger partial charge in [0.1, 0.15) is 0 Å². The van der Waals surface area contributed by atoms with Gasteiger partial charge in [-0.15, -0.1) is 10.2 Å². The summed E-state index contributed by atoms with van der Waals surface area (Å²) in [6.07, 6.45) is 1.82. The smallest absolute Gasteiger partial charge is 0.286 e. The van der Waals surface area contributed by atoms with Crippen molar-refractivity contribution in [2.75, 3.05) is 5.32 Å². The molecule has 26 heavy (non-hydrogen) atoms. The van der Waals surface area contributed by atoms with Gasteiger partial charge in [-0.25, -0.2) is 0 Å². The molecule has 1 N–H and O–H groups in total. The normalized spacial score (nSPS) is 11.6. The number of anilines is 1. The van der Waals surface area contributed by atoms with Gasteiger partial charge < -0.3 is 5.32 Å². The van der Waals surface area contributed by atoms with Gasteiger partial charge in [-0.2, -0.15) is 0 Å². The Bertz CT molecular complexity index is 918. The minimum atomic E-state index is -0.300. The molecule has 2 aromatic carbocycles. The first-order chi connectivity index (χ1) is 12.5. The SMILES string of the molecule is CC(C)c1ccc(/C=C(\Cl)c2nnc(C(=O)Nc3ccccc3)s2)cc1. The Hall–Kier alpha value is -2.50. The standard InChI is InChI=1S/C20H18ClN3OS/c1-13(2)15-10-8-14(9-11-15)12-17(21)19-23-24-20(26-19)18(25)22-16-6-4-3-5-7-16/h3-13H,1-2H3,(H,22,25)/b17-12-. The molecule has 0 fully saturated rings. The van der Waals surface area contributed by atoms with E-state index >= 15 is 0 Å². The van der Waals surface area contributed by atoms with Gasteiger partial charge in [0.25, 0.3) is 5.91 Å². The van der Waals surface area contributed by atoms with E-state index in [4.69, 9.17) is 11.6 Å². The predicted octanol–water partition coefficient (Wildman–Crippen LogP) is 5.65. The third-order valence-corrected chi connectivity index (χ3v) is 5.11. The third kappa shape index (κ3) is 4.56. The third-order valence-electron chi connectivity index (χ3n) is 3.75. The Morgan fingerprint density at radius 2 is 1.69 bits per heavy atom. The van der Waals surface area contributed by atoms with E-state index in [2.05, 4.69) is 41.5 Å². The zero-order valence-electron chi connectivity index (χ0n) is 14.4. The van der Waals surface area contributed by atoms with Crippen LogP contribution in [0, 0.1) is 0 Å². The first-order valence-corrected chi connectivity index (χ1v) is 9.40. The number of amides is 1. The summed E-state index contributed by atoms with van der Waals surface area (Å²) in [6, 6.07) is 17.4. The summed E-state index contributed by atoms with van der Waals surface area (Å²) in [5, 5.41) is 12.0. The van der Waals surface area contributed by atoms with Crippen molar-refractivity contribution in [3.05, 3.63) is 75.7 Å². The highest BCUT2D eigenvalue weighted by atomic mass is 35.5. The average Bonchev–Trinajstić information content (AvgIpc) is 3.13. The van der Waals surface area contributed by atoms with Gasteiger partial charge in [-0.3, -0.25) is 4.79 Å². The second-order valence-electron chi connectivity index (χ2n) is 6.05. The number of aromatic nitrogens is 2. The molecule has 132 valence electrons. The summed E-state index contributed by atoms with van der Waals surface area (Å²) < 4.78 is 0. The summed E-state index contributed by atoms with van der Waals surface area (Å²) in [5.41, 5.74) is 2.96. The first kappa shape index (κ1) is 18.3. The molecule has 0 bridgehead atoms. The maximum atomic E-state index is 12.2. The number of nitrogens with one attached hydrogen (secondary N) is 1. The quantitative estimate of drug-likeness (QED) is 0.619. The molecular weight excluding hydrogens is 366 g/mol. The summed E-state index contributed by atoms with van der Waals surface area (Å²) in [5.74, 6) is 0.183. The monoisotopic (exact) mass is 383 g/mol. The summed E-state index contributed by atoms with van der Waals surface area (Å²) >= 11 is 7.52. The fraction of sp³-hybridized carbons (Fsp3) is 0.150. The fourth-order valence-corrected chi connectivity index (χ4v) is 3.23. The first-order valence-electron chi connectivity index (χ1n) is 8.20. The second-order valence-corrected chi connectivity index (χ2v) is 7.43. The van der Waals surface area contributed by atoms with Crippen LogP contribution in [0.3, 0.4) is 0 Å². The van der Waals surface area contributed by atoms with Gasteiger partial charge >= 0.3 is 0 Å². The summed E-state index contributed by atoms with van der Waals surface area (Å²) in [4.78, 5) is 12.2. The number of rotatable bonds is 5. The average molecular weight is 384 g/mol. The van der Waals surface area contributed by atoms with Crippen molar-refractivity contribution >= 4 is 45.6 Å². The molecule has 0 aliphatic carbocycles.